The Morgan fingerprint density at radius 3 is 2.50 bits per heavy atom. The van der Waals surface area contributed by atoms with Gasteiger partial charge in [0.15, 0.2) is 17.3 Å². The van der Waals surface area contributed by atoms with E-state index >= 15 is 0 Å². The van der Waals surface area contributed by atoms with Crippen LogP contribution in [-0.4, -0.2) is 95.7 Å². The summed E-state index contributed by atoms with van der Waals surface area (Å²) in [5, 5.41) is 20.2. The first-order chi connectivity index (χ1) is 21.2. The van der Waals surface area contributed by atoms with Crippen LogP contribution in [0.25, 0.3) is 10.9 Å². The molecule has 2 aromatic carbocycles. The van der Waals surface area contributed by atoms with Gasteiger partial charge >= 0.3 is 6.03 Å². The second-order valence-electron chi connectivity index (χ2n) is 11.5. The Balaban J connectivity index is 1.22. The van der Waals surface area contributed by atoms with Crippen molar-refractivity contribution in [3.8, 4) is 11.5 Å². The number of carbonyl (C=O) groups excluding carboxylic acids is 1. The third-order valence-electron chi connectivity index (χ3n) is 7.23. The van der Waals surface area contributed by atoms with Crippen molar-refractivity contribution >= 4 is 40.2 Å². The normalized spacial score (nSPS) is 14.5. The molecular formula is C31H39N7O5S. The largest absolute Gasteiger partial charge is 0.493 e. The molecular weight excluding hydrogens is 582 g/mol. The summed E-state index contributed by atoms with van der Waals surface area (Å²) in [6.07, 6.45) is 1.53. The molecule has 0 saturated carbocycles. The first kappa shape index (κ1) is 31.5. The van der Waals surface area contributed by atoms with E-state index in [4.69, 9.17) is 19.1 Å². The Morgan fingerprint density at radius 2 is 1.80 bits per heavy atom. The Hall–Kier alpha value is -3.91. The highest BCUT2D eigenvalue weighted by Crippen LogP contribution is 2.38. The minimum absolute atomic E-state index is 0.196. The highest BCUT2D eigenvalue weighted by molar-refractivity contribution is 7.99. The Bertz CT molecular complexity index is 1570. The first-order valence-corrected chi connectivity index (χ1v) is 15.4. The number of aliphatic hydroxyl groups excluding tert-OH is 1. The van der Waals surface area contributed by atoms with Crippen molar-refractivity contribution in [2.75, 3.05) is 70.2 Å². The van der Waals surface area contributed by atoms with Crippen LogP contribution in [-0.2, 0) is 5.41 Å². The molecule has 1 aliphatic rings. The van der Waals surface area contributed by atoms with Crippen LogP contribution in [0.1, 0.15) is 26.5 Å². The van der Waals surface area contributed by atoms with Gasteiger partial charge in [0.05, 0.1) is 19.2 Å². The summed E-state index contributed by atoms with van der Waals surface area (Å²) >= 11 is 1.46. The van der Waals surface area contributed by atoms with Crippen molar-refractivity contribution in [2.24, 2.45) is 0 Å². The van der Waals surface area contributed by atoms with Gasteiger partial charge in [0.2, 0.25) is 0 Å². The van der Waals surface area contributed by atoms with Gasteiger partial charge in [0, 0.05) is 72.8 Å². The highest BCUT2D eigenvalue weighted by atomic mass is 32.2. The van der Waals surface area contributed by atoms with E-state index in [-0.39, 0.29) is 12.0 Å². The number of methoxy groups -OCH3 is 1. The number of fused-ring (bicyclic) bond motifs is 1. The highest BCUT2D eigenvalue weighted by Gasteiger charge is 2.21. The number of amides is 2. The van der Waals surface area contributed by atoms with Crippen LogP contribution in [0, 0.1) is 0 Å². The minimum atomic E-state index is -0.422. The number of aliphatic hydroxyl groups is 1. The van der Waals surface area contributed by atoms with E-state index < -0.39 is 6.03 Å². The average molecular weight is 622 g/mol. The average Bonchev–Trinajstić information content (AvgIpc) is 3.47. The summed E-state index contributed by atoms with van der Waals surface area (Å²) in [7, 11) is 1.62. The van der Waals surface area contributed by atoms with Gasteiger partial charge in [-0.3, -0.25) is 15.1 Å². The molecule has 1 fully saturated rings. The van der Waals surface area contributed by atoms with E-state index in [1.54, 1.807) is 13.2 Å². The monoisotopic (exact) mass is 621 g/mol. The maximum Gasteiger partial charge on any atom is 0.324 e. The lowest BCUT2D eigenvalue weighted by molar-refractivity contribution is 0.101. The molecule has 12 nitrogen and oxygen atoms in total. The standard InChI is InChI=1S/C31H39N7O5S/c1-31(2,3)27-19-28(36-43-27)35-30(40)34-21-6-5-7-22(16-21)44-29-23-17-25(41-4)26(18-24(23)32-20-33-29)42-15-13-38-10-8-37(9-11-38)12-14-39/h5-7,16-20,39H,8-15H2,1-4H3,(H2,34,35,36,40). The summed E-state index contributed by atoms with van der Waals surface area (Å²) in [4.78, 5) is 27.1. The fraction of sp³-hybridized carbons (Fsp3) is 0.419. The molecule has 2 aromatic heterocycles. The molecule has 4 aromatic rings. The predicted octanol–water partition coefficient (Wildman–Crippen LogP) is 4.71. The lowest BCUT2D eigenvalue weighted by Gasteiger charge is -2.34. The molecule has 0 unspecified atom stereocenters. The van der Waals surface area contributed by atoms with Crippen molar-refractivity contribution < 1.29 is 23.9 Å². The molecule has 5 rings (SSSR count). The molecule has 13 heteroatoms. The molecule has 0 aliphatic carbocycles. The summed E-state index contributed by atoms with van der Waals surface area (Å²) in [6, 6.07) is 12.6. The molecule has 3 heterocycles. The van der Waals surface area contributed by atoms with Crippen molar-refractivity contribution in [1.82, 2.24) is 24.9 Å². The number of aromatic nitrogens is 3. The number of hydrogen-bond donors (Lipinski definition) is 3. The molecule has 1 saturated heterocycles. The number of nitrogens with one attached hydrogen (secondary N) is 2. The zero-order valence-electron chi connectivity index (χ0n) is 25.5. The lowest BCUT2D eigenvalue weighted by Crippen LogP contribution is -2.48. The van der Waals surface area contributed by atoms with Crippen molar-refractivity contribution in [3.05, 3.63) is 54.6 Å². The van der Waals surface area contributed by atoms with Gasteiger partial charge in [-0.1, -0.05) is 43.8 Å². The molecule has 44 heavy (non-hydrogen) atoms. The minimum Gasteiger partial charge on any atom is -0.493 e. The second kappa shape index (κ2) is 14.2. The third kappa shape index (κ3) is 8.17. The van der Waals surface area contributed by atoms with Crippen LogP contribution in [0.5, 0.6) is 11.5 Å². The molecule has 0 radical (unpaired) electrons. The fourth-order valence-electron chi connectivity index (χ4n) is 4.77. The number of piperazine rings is 1. The number of nitrogens with zero attached hydrogens (tertiary/aromatic N) is 5. The first-order valence-electron chi connectivity index (χ1n) is 14.6. The molecule has 1 aliphatic heterocycles. The topological polar surface area (TPSA) is 138 Å². The molecule has 2 amide bonds. The van der Waals surface area contributed by atoms with E-state index in [9.17, 15) is 4.79 Å². The number of carbonyl (C=O) groups is 1. The van der Waals surface area contributed by atoms with Crippen molar-refractivity contribution in [1.29, 1.82) is 0 Å². The fourth-order valence-corrected chi connectivity index (χ4v) is 5.70. The van der Waals surface area contributed by atoms with E-state index in [0.717, 1.165) is 60.1 Å². The number of benzene rings is 2. The number of β-amino-alcohol motifs (C(OH)–C–C–N with tert-alkyl or cyclic N) is 1. The predicted molar refractivity (Wildman–Crippen MR) is 170 cm³/mol. The number of urea groups is 1. The van der Waals surface area contributed by atoms with Crippen molar-refractivity contribution in [2.45, 2.75) is 36.1 Å². The van der Waals surface area contributed by atoms with Crippen LogP contribution in [0.3, 0.4) is 0 Å². The van der Waals surface area contributed by atoms with Gasteiger partial charge in [0.25, 0.3) is 0 Å². The molecule has 0 bridgehead atoms. The zero-order valence-corrected chi connectivity index (χ0v) is 26.3. The number of hydrogen-bond acceptors (Lipinski definition) is 11. The summed E-state index contributed by atoms with van der Waals surface area (Å²) in [5.41, 5.74) is 1.15. The molecule has 3 N–H and O–H groups in total. The SMILES string of the molecule is COc1cc2c(Sc3cccc(NC(=O)Nc4cc(C(C)(C)C)on4)c3)ncnc2cc1OCCN1CCN(CCO)CC1. The summed E-state index contributed by atoms with van der Waals surface area (Å²) < 4.78 is 17.2. The van der Waals surface area contributed by atoms with Crippen LogP contribution < -0.4 is 20.1 Å². The third-order valence-corrected chi connectivity index (χ3v) is 8.24. The van der Waals surface area contributed by atoms with Crippen molar-refractivity contribution in [3.63, 3.8) is 0 Å². The van der Waals surface area contributed by atoms with Gasteiger partial charge in [-0.25, -0.2) is 14.8 Å². The molecule has 0 spiro atoms. The Kier molecular flexibility index (Phi) is 10.2. The van der Waals surface area contributed by atoms with E-state index in [2.05, 4.69) is 35.6 Å². The summed E-state index contributed by atoms with van der Waals surface area (Å²) in [5.74, 6) is 2.27. The molecule has 234 valence electrons. The van der Waals surface area contributed by atoms with Crippen LogP contribution in [0.2, 0.25) is 0 Å². The maximum atomic E-state index is 12.6. The van der Waals surface area contributed by atoms with Gasteiger partial charge in [0.1, 0.15) is 23.7 Å². The van der Waals surface area contributed by atoms with E-state index in [1.165, 1.54) is 18.1 Å². The number of rotatable bonds is 11. The molecule has 0 atom stereocenters. The number of ether oxygens (including phenoxy) is 2. The van der Waals surface area contributed by atoms with E-state index in [1.807, 2.05) is 57.2 Å². The van der Waals surface area contributed by atoms with E-state index in [0.29, 0.717) is 35.4 Å². The Morgan fingerprint density at radius 1 is 1.02 bits per heavy atom. The number of anilines is 2. The van der Waals surface area contributed by atoms with Gasteiger partial charge in [-0.05, 0) is 24.3 Å². The van der Waals surface area contributed by atoms with Crippen LogP contribution in [0.15, 0.2) is 63.2 Å². The second-order valence-corrected chi connectivity index (χ2v) is 12.6. The van der Waals surface area contributed by atoms with Crippen LogP contribution in [0.4, 0.5) is 16.3 Å². The van der Waals surface area contributed by atoms with Gasteiger partial charge in [-0.2, -0.15) is 0 Å². The smallest absolute Gasteiger partial charge is 0.324 e. The Labute approximate surface area is 261 Å². The zero-order chi connectivity index (χ0) is 31.1. The van der Waals surface area contributed by atoms with Crippen LogP contribution >= 0.6 is 11.8 Å². The lowest BCUT2D eigenvalue weighted by atomic mass is 9.93. The van der Waals surface area contributed by atoms with Gasteiger partial charge < -0.3 is 24.4 Å². The van der Waals surface area contributed by atoms with Gasteiger partial charge in [-0.15, -0.1) is 0 Å². The quantitative estimate of drug-likeness (QED) is 0.201. The summed E-state index contributed by atoms with van der Waals surface area (Å²) in [6.45, 7) is 12.1. The maximum absolute atomic E-state index is 12.6.